The summed E-state index contributed by atoms with van der Waals surface area (Å²) in [6.07, 6.45) is 0. The predicted octanol–water partition coefficient (Wildman–Crippen LogP) is 1.32. The number of hydrogen-bond donors (Lipinski definition) is 2. The van der Waals surface area contributed by atoms with Crippen molar-refractivity contribution in [3.05, 3.63) is 29.3 Å². The van der Waals surface area contributed by atoms with Gasteiger partial charge in [-0.1, -0.05) is 6.07 Å². The summed E-state index contributed by atoms with van der Waals surface area (Å²) in [6.45, 7) is 1.93. The molecule has 16 heavy (non-hydrogen) atoms. The van der Waals surface area contributed by atoms with Crippen molar-refractivity contribution in [2.45, 2.75) is 13.0 Å². The molecule has 2 rings (SSSR count). The molecule has 3 amide bonds. The molecular weight excluding hydrogens is 206 g/mol. The summed E-state index contributed by atoms with van der Waals surface area (Å²) in [4.78, 5) is 24.2. The molecule has 1 aliphatic heterocycles. The topological polar surface area (TPSA) is 75.4 Å². The van der Waals surface area contributed by atoms with Gasteiger partial charge in [-0.15, -0.1) is 0 Å². The number of primary amides is 1. The van der Waals surface area contributed by atoms with Crippen molar-refractivity contribution in [1.29, 1.82) is 0 Å². The molecule has 1 aromatic carbocycles. The van der Waals surface area contributed by atoms with Crippen molar-refractivity contribution in [1.82, 2.24) is 4.90 Å². The van der Waals surface area contributed by atoms with Crippen LogP contribution in [0, 0.1) is 0 Å². The number of carbonyl (C=O) groups excluding carboxylic acids is 2. The van der Waals surface area contributed by atoms with Crippen molar-refractivity contribution in [3.63, 3.8) is 0 Å². The zero-order valence-corrected chi connectivity index (χ0v) is 9.15. The third kappa shape index (κ3) is 1.50. The Hall–Kier alpha value is -2.04. The fraction of sp³-hybridized carbons (Fsp3) is 0.273. The molecule has 0 spiro atoms. The van der Waals surface area contributed by atoms with Gasteiger partial charge in [0.2, 0.25) is 5.91 Å². The summed E-state index contributed by atoms with van der Waals surface area (Å²) in [6, 6.07) is 4.91. The van der Waals surface area contributed by atoms with Crippen LogP contribution in [0.1, 0.15) is 28.9 Å². The van der Waals surface area contributed by atoms with Gasteiger partial charge in [-0.2, -0.15) is 0 Å². The van der Waals surface area contributed by atoms with Crippen LogP contribution in [0.15, 0.2) is 18.2 Å². The van der Waals surface area contributed by atoms with Gasteiger partial charge < -0.3 is 16.0 Å². The molecule has 1 unspecified atom stereocenters. The van der Waals surface area contributed by atoms with Gasteiger partial charge in [0.1, 0.15) is 0 Å². The fourth-order valence-electron chi connectivity index (χ4n) is 1.77. The van der Waals surface area contributed by atoms with Crippen LogP contribution < -0.4 is 11.1 Å². The second-order valence-electron chi connectivity index (χ2n) is 3.88. The number of anilines is 1. The van der Waals surface area contributed by atoms with E-state index in [1.165, 1.54) is 0 Å². The highest BCUT2D eigenvalue weighted by Gasteiger charge is 2.26. The summed E-state index contributed by atoms with van der Waals surface area (Å²) >= 11 is 0. The highest BCUT2D eigenvalue weighted by atomic mass is 16.2. The summed E-state index contributed by atoms with van der Waals surface area (Å²) in [5.41, 5.74) is 7.22. The molecule has 0 saturated carbocycles. The normalized spacial score (nSPS) is 19.0. The molecule has 3 N–H and O–H groups in total. The van der Waals surface area contributed by atoms with Crippen LogP contribution in [-0.4, -0.2) is 23.9 Å². The lowest BCUT2D eigenvalue weighted by Crippen LogP contribution is -2.38. The fourth-order valence-corrected chi connectivity index (χ4v) is 1.77. The lowest BCUT2D eigenvalue weighted by atomic mass is 10.0. The monoisotopic (exact) mass is 219 g/mol. The number of rotatable bonds is 1. The Morgan fingerprint density at radius 3 is 2.81 bits per heavy atom. The maximum atomic E-state index is 11.5. The Kier molecular flexibility index (Phi) is 2.30. The number of fused-ring (bicyclic) bond motifs is 1. The van der Waals surface area contributed by atoms with Crippen molar-refractivity contribution in [2.75, 3.05) is 12.4 Å². The van der Waals surface area contributed by atoms with Crippen molar-refractivity contribution in [2.24, 2.45) is 5.73 Å². The highest BCUT2D eigenvalue weighted by Crippen LogP contribution is 2.31. The lowest BCUT2D eigenvalue weighted by Gasteiger charge is -2.32. The smallest absolute Gasteiger partial charge is 0.322 e. The molecule has 1 atom stereocenters. The quantitative estimate of drug-likeness (QED) is 0.747. The number of urea groups is 1. The zero-order valence-electron chi connectivity index (χ0n) is 9.15. The Labute approximate surface area is 93.2 Å². The van der Waals surface area contributed by atoms with E-state index >= 15 is 0 Å². The number of nitrogens with one attached hydrogen (secondary N) is 1. The first-order valence-corrected chi connectivity index (χ1v) is 4.98. The SMILES string of the molecule is CC1c2ccc(C(N)=O)cc2NC(=O)N1C. The number of benzene rings is 1. The maximum absolute atomic E-state index is 11.5. The molecule has 0 radical (unpaired) electrons. The minimum atomic E-state index is -0.497. The van der Waals surface area contributed by atoms with Gasteiger partial charge in [-0.05, 0) is 24.6 Å². The second-order valence-corrected chi connectivity index (χ2v) is 3.88. The summed E-state index contributed by atoms with van der Waals surface area (Å²) in [5.74, 6) is -0.497. The molecule has 1 heterocycles. The number of carbonyl (C=O) groups is 2. The third-order valence-corrected chi connectivity index (χ3v) is 2.93. The van der Waals surface area contributed by atoms with Gasteiger partial charge in [-0.25, -0.2) is 4.79 Å². The van der Waals surface area contributed by atoms with Crippen LogP contribution in [0.2, 0.25) is 0 Å². The minimum absolute atomic E-state index is 0.00863. The lowest BCUT2D eigenvalue weighted by molar-refractivity contribution is 0.1000. The molecule has 1 aromatic rings. The van der Waals surface area contributed by atoms with E-state index in [1.54, 1.807) is 24.1 Å². The molecule has 0 bridgehead atoms. The van der Waals surface area contributed by atoms with E-state index in [1.807, 2.05) is 13.0 Å². The summed E-state index contributed by atoms with van der Waals surface area (Å²) in [7, 11) is 1.73. The van der Waals surface area contributed by atoms with Crippen molar-refractivity contribution in [3.8, 4) is 0 Å². The Balaban J connectivity index is 2.49. The van der Waals surface area contributed by atoms with Crippen LogP contribution in [0.3, 0.4) is 0 Å². The Bertz CT molecular complexity index is 470. The van der Waals surface area contributed by atoms with Crippen LogP contribution in [0.4, 0.5) is 10.5 Å². The predicted molar refractivity (Wildman–Crippen MR) is 60.2 cm³/mol. The van der Waals surface area contributed by atoms with E-state index in [-0.39, 0.29) is 12.1 Å². The average Bonchev–Trinajstić information content (AvgIpc) is 2.25. The van der Waals surface area contributed by atoms with Gasteiger partial charge >= 0.3 is 6.03 Å². The molecule has 0 fully saturated rings. The second kappa shape index (κ2) is 3.52. The van der Waals surface area contributed by atoms with E-state index in [0.29, 0.717) is 11.3 Å². The van der Waals surface area contributed by atoms with Crippen molar-refractivity contribution < 1.29 is 9.59 Å². The third-order valence-electron chi connectivity index (χ3n) is 2.93. The number of nitrogens with zero attached hydrogens (tertiary/aromatic N) is 1. The van der Waals surface area contributed by atoms with Crippen LogP contribution in [0.25, 0.3) is 0 Å². The molecule has 0 aliphatic carbocycles. The van der Waals surface area contributed by atoms with Crippen LogP contribution >= 0.6 is 0 Å². The molecule has 84 valence electrons. The summed E-state index contributed by atoms with van der Waals surface area (Å²) < 4.78 is 0. The molecule has 0 aromatic heterocycles. The van der Waals surface area contributed by atoms with Gasteiger partial charge in [0.15, 0.2) is 0 Å². The first-order valence-electron chi connectivity index (χ1n) is 4.98. The van der Waals surface area contributed by atoms with E-state index in [9.17, 15) is 9.59 Å². The molecular formula is C11H13N3O2. The number of nitrogens with two attached hydrogens (primary N) is 1. The van der Waals surface area contributed by atoms with Crippen molar-refractivity contribution >= 4 is 17.6 Å². The van der Waals surface area contributed by atoms with Gasteiger partial charge in [0.25, 0.3) is 0 Å². The standard InChI is InChI=1S/C11H13N3O2/c1-6-8-4-3-7(10(12)15)5-9(8)13-11(16)14(6)2/h3-6H,1-2H3,(H2,12,15)(H,13,16). The number of amides is 3. The van der Waals surface area contributed by atoms with E-state index < -0.39 is 5.91 Å². The summed E-state index contributed by atoms with van der Waals surface area (Å²) in [5, 5.41) is 2.71. The van der Waals surface area contributed by atoms with E-state index in [2.05, 4.69) is 5.32 Å². The largest absolute Gasteiger partial charge is 0.366 e. The van der Waals surface area contributed by atoms with Crippen LogP contribution in [0.5, 0.6) is 0 Å². The minimum Gasteiger partial charge on any atom is -0.366 e. The molecule has 5 nitrogen and oxygen atoms in total. The van der Waals surface area contributed by atoms with E-state index in [4.69, 9.17) is 5.73 Å². The van der Waals surface area contributed by atoms with Crippen LogP contribution in [-0.2, 0) is 0 Å². The average molecular weight is 219 g/mol. The Morgan fingerprint density at radius 2 is 2.19 bits per heavy atom. The maximum Gasteiger partial charge on any atom is 0.322 e. The first-order chi connectivity index (χ1) is 7.50. The highest BCUT2D eigenvalue weighted by molar-refractivity contribution is 5.97. The van der Waals surface area contributed by atoms with Gasteiger partial charge in [-0.3, -0.25) is 4.79 Å². The Morgan fingerprint density at radius 1 is 1.50 bits per heavy atom. The molecule has 0 saturated heterocycles. The first kappa shape index (κ1) is 10.5. The zero-order chi connectivity index (χ0) is 11.9. The van der Waals surface area contributed by atoms with E-state index in [0.717, 1.165) is 5.56 Å². The number of hydrogen-bond acceptors (Lipinski definition) is 2. The molecule has 1 aliphatic rings. The van der Waals surface area contributed by atoms with Gasteiger partial charge in [0.05, 0.1) is 6.04 Å². The molecule has 5 heteroatoms. The van der Waals surface area contributed by atoms with Gasteiger partial charge in [0, 0.05) is 18.3 Å².